The molecule has 0 aliphatic carbocycles. The minimum atomic E-state index is -0.832. The summed E-state index contributed by atoms with van der Waals surface area (Å²) < 4.78 is 5.65. The maximum atomic E-state index is 9.94. The summed E-state index contributed by atoms with van der Waals surface area (Å²) in [6, 6.07) is -0.313. The summed E-state index contributed by atoms with van der Waals surface area (Å²) in [6.07, 6.45) is -0.756. The largest absolute Gasteiger partial charge is 0.388 e. The summed E-state index contributed by atoms with van der Waals surface area (Å²) in [7, 11) is 0. The molecule has 90 valence electrons. The van der Waals surface area contributed by atoms with Gasteiger partial charge in [-0.05, 0) is 13.3 Å². The molecule has 3 heterocycles. The number of aliphatic hydroxyl groups excluding tert-OH is 2. The van der Waals surface area contributed by atoms with Crippen LogP contribution < -0.4 is 0 Å². The predicted octanol–water partition coefficient (Wildman–Crippen LogP) is -0.370. The Hall–Kier alpha value is -0.300. The van der Waals surface area contributed by atoms with Crippen molar-refractivity contribution in [1.82, 2.24) is 4.90 Å². The second kappa shape index (κ2) is 3.87. The van der Waals surface area contributed by atoms with E-state index in [0.717, 1.165) is 18.3 Å². The van der Waals surface area contributed by atoms with Crippen LogP contribution in [0.4, 0.5) is 0 Å². The van der Waals surface area contributed by atoms with E-state index in [0.29, 0.717) is 0 Å². The molecule has 0 aromatic rings. The Kier molecular flexibility index (Phi) is 2.62. The van der Waals surface area contributed by atoms with Crippen molar-refractivity contribution in [1.29, 1.82) is 0 Å². The van der Waals surface area contributed by atoms with Crippen molar-refractivity contribution < 1.29 is 14.9 Å². The zero-order valence-corrected chi connectivity index (χ0v) is 9.93. The second-order valence-corrected chi connectivity index (χ2v) is 5.62. The molecular formula is C10H16N2O3S. The van der Waals surface area contributed by atoms with Crippen LogP contribution in [-0.4, -0.2) is 63.2 Å². The maximum absolute atomic E-state index is 9.94. The number of ether oxygens (including phenoxy) is 1. The molecular weight excluding hydrogens is 228 g/mol. The zero-order valence-electron chi connectivity index (χ0n) is 9.11. The molecule has 0 bridgehead atoms. The van der Waals surface area contributed by atoms with Crippen LogP contribution in [0.15, 0.2) is 4.99 Å². The lowest BCUT2D eigenvalue weighted by molar-refractivity contribution is -0.145. The molecule has 3 aliphatic rings. The number of aliphatic imine (C=N–C) groups is 1. The zero-order chi connectivity index (χ0) is 11.3. The molecule has 0 aromatic carbocycles. The Bertz CT molecular complexity index is 321. The summed E-state index contributed by atoms with van der Waals surface area (Å²) in [4.78, 5) is 6.66. The Morgan fingerprint density at radius 1 is 1.38 bits per heavy atom. The Balaban J connectivity index is 1.76. The van der Waals surface area contributed by atoms with Crippen LogP contribution in [0.3, 0.4) is 0 Å². The molecule has 5 atom stereocenters. The van der Waals surface area contributed by atoms with Gasteiger partial charge < -0.3 is 19.8 Å². The van der Waals surface area contributed by atoms with Crippen LogP contribution in [0.5, 0.6) is 0 Å². The molecule has 0 radical (unpaired) electrons. The van der Waals surface area contributed by atoms with Gasteiger partial charge >= 0.3 is 0 Å². The molecule has 6 heteroatoms. The normalized spacial score (nSPS) is 47.3. The van der Waals surface area contributed by atoms with Gasteiger partial charge in [-0.25, -0.2) is 0 Å². The fourth-order valence-corrected chi connectivity index (χ4v) is 3.49. The van der Waals surface area contributed by atoms with Gasteiger partial charge in [0.25, 0.3) is 0 Å². The van der Waals surface area contributed by atoms with E-state index in [1.54, 1.807) is 18.7 Å². The van der Waals surface area contributed by atoms with Crippen LogP contribution >= 0.6 is 11.8 Å². The van der Waals surface area contributed by atoms with Gasteiger partial charge in [0.15, 0.2) is 5.17 Å². The van der Waals surface area contributed by atoms with Gasteiger partial charge in [-0.3, -0.25) is 4.99 Å². The van der Waals surface area contributed by atoms with E-state index < -0.39 is 12.2 Å². The van der Waals surface area contributed by atoms with Crippen LogP contribution in [0.2, 0.25) is 0 Å². The van der Waals surface area contributed by atoms with E-state index in [4.69, 9.17) is 4.74 Å². The van der Waals surface area contributed by atoms with Gasteiger partial charge in [-0.15, -0.1) is 0 Å². The first-order chi connectivity index (χ1) is 7.66. The maximum Gasteiger partial charge on any atom is 0.162 e. The van der Waals surface area contributed by atoms with Crippen molar-refractivity contribution >= 4 is 16.9 Å². The van der Waals surface area contributed by atoms with Crippen molar-refractivity contribution in [2.24, 2.45) is 4.99 Å². The van der Waals surface area contributed by atoms with Crippen molar-refractivity contribution in [3.05, 3.63) is 0 Å². The summed E-state index contributed by atoms with van der Waals surface area (Å²) in [5.74, 6) is 0. The average Bonchev–Trinajstić information content (AvgIpc) is 2.55. The quantitative estimate of drug-likeness (QED) is 0.608. The number of rotatable bonds is 0. The molecule has 0 saturated carbocycles. The lowest BCUT2D eigenvalue weighted by Gasteiger charge is -2.36. The Labute approximate surface area is 98.5 Å². The molecule has 5 nitrogen and oxygen atoms in total. The summed E-state index contributed by atoms with van der Waals surface area (Å²) >= 11 is 1.57. The molecule has 2 saturated heterocycles. The SMILES string of the molecule is C[C@H]1O[C@@H]2SC(N3CCC3)=N[C@@H]2[C@@H](O)[C@@H]1O. The molecule has 0 amide bonds. The number of thioether (sulfide) groups is 1. The highest BCUT2D eigenvalue weighted by Gasteiger charge is 2.47. The summed E-state index contributed by atoms with van der Waals surface area (Å²) in [6.45, 7) is 3.87. The van der Waals surface area contributed by atoms with Crippen LogP contribution in [-0.2, 0) is 4.74 Å². The van der Waals surface area contributed by atoms with Crippen molar-refractivity contribution in [2.75, 3.05) is 13.1 Å². The van der Waals surface area contributed by atoms with Gasteiger partial charge in [0, 0.05) is 13.1 Å². The third kappa shape index (κ3) is 1.55. The number of amidine groups is 1. The topological polar surface area (TPSA) is 65.3 Å². The van der Waals surface area contributed by atoms with Crippen molar-refractivity contribution in [3.63, 3.8) is 0 Å². The van der Waals surface area contributed by atoms with Crippen LogP contribution in [0.25, 0.3) is 0 Å². The smallest absolute Gasteiger partial charge is 0.162 e. The molecule has 2 N–H and O–H groups in total. The van der Waals surface area contributed by atoms with E-state index in [1.165, 1.54) is 6.42 Å². The van der Waals surface area contributed by atoms with Crippen LogP contribution in [0.1, 0.15) is 13.3 Å². The minimum Gasteiger partial charge on any atom is -0.388 e. The first-order valence-corrected chi connectivity index (χ1v) is 6.56. The molecule has 0 aromatic heterocycles. The monoisotopic (exact) mass is 244 g/mol. The van der Waals surface area contributed by atoms with Gasteiger partial charge in [-0.2, -0.15) is 0 Å². The van der Waals surface area contributed by atoms with E-state index in [9.17, 15) is 10.2 Å². The number of likely N-dealkylation sites (tertiary alicyclic amines) is 1. The number of hydrogen-bond acceptors (Lipinski definition) is 6. The third-order valence-electron chi connectivity index (χ3n) is 3.42. The molecule has 3 rings (SSSR count). The average molecular weight is 244 g/mol. The number of fused-ring (bicyclic) bond motifs is 1. The number of aliphatic hydroxyl groups is 2. The summed E-state index contributed by atoms with van der Waals surface area (Å²) in [5, 5.41) is 20.6. The van der Waals surface area contributed by atoms with Gasteiger partial charge in [0.2, 0.25) is 0 Å². The Morgan fingerprint density at radius 2 is 2.12 bits per heavy atom. The fraction of sp³-hybridized carbons (Fsp3) is 0.900. The van der Waals surface area contributed by atoms with E-state index in [1.807, 2.05) is 0 Å². The molecule has 0 spiro atoms. The minimum absolute atomic E-state index is 0.135. The Morgan fingerprint density at radius 3 is 2.75 bits per heavy atom. The molecule has 0 unspecified atom stereocenters. The van der Waals surface area contributed by atoms with Gasteiger partial charge in [-0.1, -0.05) is 11.8 Å². The lowest BCUT2D eigenvalue weighted by atomic mass is 9.99. The third-order valence-corrected chi connectivity index (χ3v) is 4.61. The van der Waals surface area contributed by atoms with Gasteiger partial charge in [0.1, 0.15) is 23.7 Å². The summed E-state index contributed by atoms with van der Waals surface area (Å²) in [5.41, 5.74) is -0.135. The fourth-order valence-electron chi connectivity index (χ4n) is 2.17. The number of nitrogens with zero attached hydrogens (tertiary/aromatic N) is 2. The van der Waals surface area contributed by atoms with Crippen molar-refractivity contribution in [2.45, 2.75) is 43.1 Å². The highest BCUT2D eigenvalue weighted by atomic mass is 32.2. The van der Waals surface area contributed by atoms with Crippen molar-refractivity contribution in [3.8, 4) is 0 Å². The second-order valence-electron chi connectivity index (χ2n) is 4.55. The highest BCUT2D eigenvalue weighted by Crippen LogP contribution is 2.38. The molecule has 2 fully saturated rings. The van der Waals surface area contributed by atoms with Gasteiger partial charge in [0.05, 0.1) is 6.10 Å². The van der Waals surface area contributed by atoms with E-state index >= 15 is 0 Å². The van der Waals surface area contributed by atoms with Crippen LogP contribution in [0, 0.1) is 0 Å². The van der Waals surface area contributed by atoms with E-state index in [2.05, 4.69) is 9.89 Å². The molecule has 3 aliphatic heterocycles. The first-order valence-electron chi connectivity index (χ1n) is 5.68. The lowest BCUT2D eigenvalue weighted by Crippen LogP contribution is -2.53. The molecule has 16 heavy (non-hydrogen) atoms. The first kappa shape index (κ1) is 10.8. The standard InChI is InChI=1S/C10H16N2O3S/c1-5-7(13)8(14)6-9(15-5)16-10(11-6)12-3-2-4-12/h5-9,13-14H,2-4H2,1H3/t5-,6-,7-,8-,9-/m1/s1. The van der Waals surface area contributed by atoms with E-state index in [-0.39, 0.29) is 17.6 Å². The number of hydrogen-bond donors (Lipinski definition) is 2. The predicted molar refractivity (Wildman–Crippen MR) is 61.4 cm³/mol. The highest BCUT2D eigenvalue weighted by molar-refractivity contribution is 8.14.